The number of hydrogen-bond donors (Lipinski definition) is 2. The van der Waals surface area contributed by atoms with E-state index in [1.165, 1.54) is 0 Å². The lowest BCUT2D eigenvalue weighted by molar-refractivity contribution is -0.150. The predicted molar refractivity (Wildman–Crippen MR) is 75.2 cm³/mol. The summed E-state index contributed by atoms with van der Waals surface area (Å²) in [6, 6.07) is -0.646. The predicted octanol–water partition coefficient (Wildman–Crippen LogP) is -0.262. The second-order valence-corrected chi connectivity index (χ2v) is 5.61. The summed E-state index contributed by atoms with van der Waals surface area (Å²) in [5.41, 5.74) is 0. The molecule has 2 aliphatic rings. The number of morpholine rings is 1. The molecule has 114 valence electrons. The van der Waals surface area contributed by atoms with Crippen molar-refractivity contribution in [3.8, 4) is 0 Å². The number of carbonyl (C=O) groups is 2. The largest absolute Gasteiger partial charge is 0.377 e. The number of nitrogens with one attached hydrogen (secondary N) is 2. The number of hydrogen-bond acceptors (Lipinski definition) is 4. The van der Waals surface area contributed by atoms with E-state index in [9.17, 15) is 9.59 Å². The quantitative estimate of drug-likeness (QED) is 0.746. The summed E-state index contributed by atoms with van der Waals surface area (Å²) in [4.78, 5) is 26.5. The molecule has 2 rings (SSSR count). The first-order valence-corrected chi connectivity index (χ1v) is 7.54. The summed E-state index contributed by atoms with van der Waals surface area (Å²) in [5.74, 6) is 0.255. The van der Waals surface area contributed by atoms with Crippen LogP contribution in [0.2, 0.25) is 0 Å². The first kappa shape index (κ1) is 15.3. The van der Waals surface area contributed by atoms with Crippen LogP contribution in [-0.4, -0.2) is 61.6 Å². The molecule has 2 aliphatic heterocycles. The van der Waals surface area contributed by atoms with Gasteiger partial charge in [-0.05, 0) is 25.3 Å². The Morgan fingerprint density at radius 2 is 2.25 bits per heavy atom. The highest BCUT2D eigenvalue weighted by Crippen LogP contribution is 2.19. The van der Waals surface area contributed by atoms with Crippen LogP contribution in [0.5, 0.6) is 0 Å². The maximum absolute atomic E-state index is 12.6. The van der Waals surface area contributed by atoms with Gasteiger partial charge in [0.1, 0.15) is 6.04 Å². The second-order valence-electron chi connectivity index (χ2n) is 5.61. The minimum Gasteiger partial charge on any atom is -0.377 e. The lowest BCUT2D eigenvalue weighted by Crippen LogP contribution is -2.59. The number of nitrogens with zero attached hydrogens (tertiary/aromatic N) is 1. The molecule has 20 heavy (non-hydrogen) atoms. The molecule has 0 radical (unpaired) electrons. The first-order chi connectivity index (χ1) is 9.65. The molecule has 6 heteroatoms. The van der Waals surface area contributed by atoms with Gasteiger partial charge in [-0.3, -0.25) is 9.59 Å². The van der Waals surface area contributed by atoms with Crippen LogP contribution in [0.3, 0.4) is 0 Å². The summed E-state index contributed by atoms with van der Waals surface area (Å²) in [7, 11) is 0. The normalized spacial score (nSPS) is 30.3. The second kappa shape index (κ2) is 7.04. The van der Waals surface area contributed by atoms with Crippen LogP contribution in [0, 0.1) is 5.92 Å². The van der Waals surface area contributed by atoms with Crippen LogP contribution >= 0.6 is 0 Å². The maximum Gasteiger partial charge on any atom is 0.245 e. The maximum atomic E-state index is 12.6. The van der Waals surface area contributed by atoms with E-state index < -0.39 is 6.04 Å². The van der Waals surface area contributed by atoms with Gasteiger partial charge in [-0.25, -0.2) is 0 Å². The lowest BCUT2D eigenvalue weighted by atomic mass is 10.0. The monoisotopic (exact) mass is 283 g/mol. The first-order valence-electron chi connectivity index (χ1n) is 7.54. The Labute approximate surface area is 120 Å². The molecule has 0 aromatic carbocycles. The molecule has 2 fully saturated rings. The Kier molecular flexibility index (Phi) is 5.37. The molecule has 3 unspecified atom stereocenters. The Bertz CT molecular complexity index is 362. The summed E-state index contributed by atoms with van der Waals surface area (Å²) in [6.07, 6.45) is 1.89. The van der Waals surface area contributed by atoms with Crippen molar-refractivity contribution in [1.29, 1.82) is 0 Å². The van der Waals surface area contributed by atoms with Crippen molar-refractivity contribution in [3.63, 3.8) is 0 Å². The standard InChI is InChI=1S/C14H25N3O3/c1-3-5-16-13(18)11-9-20-8-7-17(11)14(19)12-10(2)4-6-15-12/h10-12,15H,3-9H2,1-2H3,(H,16,18). The van der Waals surface area contributed by atoms with Crippen LogP contribution in [0.1, 0.15) is 26.7 Å². The molecule has 6 nitrogen and oxygen atoms in total. The zero-order valence-electron chi connectivity index (χ0n) is 12.4. The molecule has 2 N–H and O–H groups in total. The highest BCUT2D eigenvalue weighted by molar-refractivity contribution is 5.90. The zero-order valence-corrected chi connectivity index (χ0v) is 12.4. The van der Waals surface area contributed by atoms with Crippen molar-refractivity contribution in [1.82, 2.24) is 15.5 Å². The Hall–Kier alpha value is -1.14. The number of rotatable bonds is 4. The van der Waals surface area contributed by atoms with Gasteiger partial charge in [0, 0.05) is 13.1 Å². The van der Waals surface area contributed by atoms with Crippen molar-refractivity contribution >= 4 is 11.8 Å². The van der Waals surface area contributed by atoms with Crippen LogP contribution in [-0.2, 0) is 14.3 Å². The van der Waals surface area contributed by atoms with E-state index in [-0.39, 0.29) is 17.9 Å². The van der Waals surface area contributed by atoms with Crippen molar-refractivity contribution in [2.75, 3.05) is 32.8 Å². The molecular formula is C14H25N3O3. The Morgan fingerprint density at radius 1 is 1.45 bits per heavy atom. The van der Waals surface area contributed by atoms with Gasteiger partial charge in [-0.1, -0.05) is 13.8 Å². The van der Waals surface area contributed by atoms with Gasteiger partial charge in [0.2, 0.25) is 11.8 Å². The lowest BCUT2D eigenvalue weighted by Gasteiger charge is -2.36. The molecule has 0 aromatic heterocycles. The minimum absolute atomic E-state index is 0.0370. The van der Waals surface area contributed by atoms with E-state index in [0.29, 0.717) is 32.2 Å². The number of amides is 2. The fourth-order valence-electron chi connectivity index (χ4n) is 2.79. The molecule has 0 saturated carbocycles. The van der Waals surface area contributed by atoms with Crippen LogP contribution in [0.4, 0.5) is 0 Å². The molecule has 0 aliphatic carbocycles. The van der Waals surface area contributed by atoms with Crippen LogP contribution in [0.25, 0.3) is 0 Å². The fourth-order valence-corrected chi connectivity index (χ4v) is 2.79. The topological polar surface area (TPSA) is 70.7 Å². The third-order valence-electron chi connectivity index (χ3n) is 4.06. The fraction of sp³-hybridized carbons (Fsp3) is 0.857. The average Bonchev–Trinajstić information content (AvgIpc) is 2.90. The van der Waals surface area contributed by atoms with Crippen LogP contribution < -0.4 is 10.6 Å². The molecule has 0 bridgehead atoms. The number of ether oxygens (including phenoxy) is 1. The molecule has 2 saturated heterocycles. The van der Waals surface area contributed by atoms with Gasteiger partial charge in [0.15, 0.2) is 0 Å². The molecule has 2 amide bonds. The van der Waals surface area contributed by atoms with Gasteiger partial charge >= 0.3 is 0 Å². The third-order valence-corrected chi connectivity index (χ3v) is 4.06. The summed E-state index contributed by atoms with van der Waals surface area (Å²) >= 11 is 0. The van der Waals surface area contributed by atoms with Crippen LogP contribution in [0.15, 0.2) is 0 Å². The average molecular weight is 283 g/mol. The van der Waals surface area contributed by atoms with E-state index in [4.69, 9.17) is 4.74 Å². The van der Waals surface area contributed by atoms with Gasteiger partial charge < -0.3 is 20.3 Å². The highest BCUT2D eigenvalue weighted by atomic mass is 16.5. The minimum atomic E-state index is -0.489. The van der Waals surface area contributed by atoms with Gasteiger partial charge in [0.25, 0.3) is 0 Å². The van der Waals surface area contributed by atoms with Crippen molar-refractivity contribution < 1.29 is 14.3 Å². The molecule has 0 spiro atoms. The van der Waals surface area contributed by atoms with E-state index in [1.807, 2.05) is 6.92 Å². The van der Waals surface area contributed by atoms with E-state index in [0.717, 1.165) is 19.4 Å². The Morgan fingerprint density at radius 3 is 2.90 bits per heavy atom. The molecule has 3 atom stereocenters. The highest BCUT2D eigenvalue weighted by Gasteiger charge is 2.39. The summed E-state index contributed by atoms with van der Waals surface area (Å²) < 4.78 is 5.38. The molecular weight excluding hydrogens is 258 g/mol. The Balaban J connectivity index is 2.02. The SMILES string of the molecule is CCCNC(=O)C1COCCN1C(=O)C1NCCC1C. The molecule has 2 heterocycles. The zero-order chi connectivity index (χ0) is 14.5. The van der Waals surface area contributed by atoms with Gasteiger partial charge in [-0.2, -0.15) is 0 Å². The van der Waals surface area contributed by atoms with E-state index >= 15 is 0 Å². The van der Waals surface area contributed by atoms with Crippen molar-refractivity contribution in [2.24, 2.45) is 5.92 Å². The van der Waals surface area contributed by atoms with Crippen molar-refractivity contribution in [2.45, 2.75) is 38.8 Å². The summed E-state index contributed by atoms with van der Waals surface area (Å²) in [6.45, 7) is 6.88. The number of carbonyl (C=O) groups excluding carboxylic acids is 2. The van der Waals surface area contributed by atoms with E-state index in [2.05, 4.69) is 17.6 Å². The smallest absolute Gasteiger partial charge is 0.245 e. The van der Waals surface area contributed by atoms with Crippen molar-refractivity contribution in [3.05, 3.63) is 0 Å². The van der Waals surface area contributed by atoms with Gasteiger partial charge in [-0.15, -0.1) is 0 Å². The molecule has 0 aromatic rings. The summed E-state index contributed by atoms with van der Waals surface area (Å²) in [5, 5.41) is 6.10. The van der Waals surface area contributed by atoms with Gasteiger partial charge in [0.05, 0.1) is 19.3 Å². The van der Waals surface area contributed by atoms with E-state index in [1.54, 1.807) is 4.90 Å². The third kappa shape index (κ3) is 3.30.